The lowest BCUT2D eigenvalue weighted by molar-refractivity contribution is -0.134. The first-order valence-electron chi connectivity index (χ1n) is 6.09. The van der Waals surface area contributed by atoms with Crippen LogP contribution in [-0.4, -0.2) is 61.4 Å². The van der Waals surface area contributed by atoms with Crippen molar-refractivity contribution in [1.29, 1.82) is 0 Å². The Morgan fingerprint density at radius 1 is 1.45 bits per heavy atom. The van der Waals surface area contributed by atoms with E-state index >= 15 is 0 Å². The number of carbonyl (C=O) groups excluding carboxylic acids is 2. The Bertz CT molecular complexity index is 513. The van der Waals surface area contributed by atoms with E-state index in [1.54, 1.807) is 25.1 Å². The molecule has 20 heavy (non-hydrogen) atoms. The molecule has 0 spiro atoms. The summed E-state index contributed by atoms with van der Waals surface area (Å²) in [6.07, 6.45) is 0. The topological polar surface area (TPSA) is 52.7 Å². The highest BCUT2D eigenvalue weighted by atomic mass is 79.9. The number of rotatable bonds is 2. The van der Waals surface area contributed by atoms with E-state index in [0.29, 0.717) is 24.5 Å². The minimum Gasteiger partial charge on any atom is -0.347 e. The molecule has 1 unspecified atom stereocenters. The summed E-state index contributed by atoms with van der Waals surface area (Å²) < 4.78 is 1.74. The summed E-state index contributed by atoms with van der Waals surface area (Å²) in [7, 11) is 3.41. The monoisotopic (exact) mass is 423 g/mol. The first-order chi connectivity index (χ1) is 9.41. The average molecular weight is 425 g/mol. The van der Waals surface area contributed by atoms with Gasteiger partial charge < -0.3 is 15.1 Å². The number of nitrogens with zero attached hydrogens (tertiary/aromatic N) is 2. The number of hydrogen-bond acceptors (Lipinski definition) is 4. The van der Waals surface area contributed by atoms with Crippen molar-refractivity contribution < 1.29 is 9.59 Å². The molecule has 1 saturated heterocycles. The van der Waals surface area contributed by atoms with Gasteiger partial charge in [-0.05, 0) is 37.9 Å². The van der Waals surface area contributed by atoms with Crippen molar-refractivity contribution in [3.8, 4) is 0 Å². The molecule has 0 aromatic carbocycles. The molecule has 0 saturated carbocycles. The van der Waals surface area contributed by atoms with Gasteiger partial charge in [-0.2, -0.15) is 0 Å². The van der Waals surface area contributed by atoms with Crippen LogP contribution in [0.3, 0.4) is 0 Å². The second-order valence-electron chi connectivity index (χ2n) is 4.68. The van der Waals surface area contributed by atoms with Crippen LogP contribution in [-0.2, 0) is 4.79 Å². The molecule has 0 aliphatic carbocycles. The molecule has 1 fully saturated rings. The molecule has 110 valence electrons. The standard InChI is InChI=1S/C12H15Br2N3O2S/c1-16(2)11(18)8-6-15-3-4-17(8)12(19)9-5-7(13)10(14)20-9/h5,8,15H,3-4,6H2,1-2H3. The molecule has 2 rings (SSSR count). The van der Waals surface area contributed by atoms with Crippen LogP contribution >= 0.6 is 43.2 Å². The predicted octanol–water partition coefficient (Wildman–Crippen LogP) is 1.78. The highest BCUT2D eigenvalue weighted by Gasteiger charge is 2.34. The molecule has 8 heteroatoms. The van der Waals surface area contributed by atoms with E-state index in [4.69, 9.17) is 0 Å². The summed E-state index contributed by atoms with van der Waals surface area (Å²) in [6, 6.07) is 1.35. The molecule has 1 aliphatic rings. The average Bonchev–Trinajstić information content (AvgIpc) is 2.77. The highest BCUT2D eigenvalue weighted by molar-refractivity contribution is 9.13. The Morgan fingerprint density at radius 2 is 2.15 bits per heavy atom. The summed E-state index contributed by atoms with van der Waals surface area (Å²) >= 11 is 8.14. The summed E-state index contributed by atoms with van der Waals surface area (Å²) in [5.74, 6) is -0.150. The molecule has 1 N–H and O–H groups in total. The van der Waals surface area contributed by atoms with Crippen molar-refractivity contribution in [2.75, 3.05) is 33.7 Å². The van der Waals surface area contributed by atoms with Crippen LogP contribution < -0.4 is 5.32 Å². The first kappa shape index (κ1) is 15.9. The SMILES string of the molecule is CN(C)C(=O)C1CNCCN1C(=O)c1cc(Br)c(Br)s1. The van der Waals surface area contributed by atoms with Gasteiger partial charge in [0.05, 0.1) is 8.66 Å². The fourth-order valence-electron chi connectivity index (χ4n) is 2.06. The molecule has 1 aromatic rings. The zero-order chi connectivity index (χ0) is 14.9. The summed E-state index contributed by atoms with van der Waals surface area (Å²) in [6.45, 7) is 1.74. The zero-order valence-corrected chi connectivity index (χ0v) is 15.1. The zero-order valence-electron chi connectivity index (χ0n) is 11.2. The minimum absolute atomic E-state index is 0.0553. The maximum Gasteiger partial charge on any atom is 0.264 e. The summed E-state index contributed by atoms with van der Waals surface area (Å²) in [4.78, 5) is 28.6. The predicted molar refractivity (Wildman–Crippen MR) is 86.1 cm³/mol. The molecule has 0 bridgehead atoms. The van der Waals surface area contributed by atoms with Crippen LogP contribution in [0, 0.1) is 0 Å². The largest absolute Gasteiger partial charge is 0.347 e. The van der Waals surface area contributed by atoms with Gasteiger partial charge in [0.2, 0.25) is 5.91 Å². The summed E-state index contributed by atoms with van der Waals surface area (Å²) in [5, 5.41) is 3.17. The Hall–Kier alpha value is -0.440. The van der Waals surface area contributed by atoms with Gasteiger partial charge in [0.1, 0.15) is 6.04 Å². The second-order valence-corrected chi connectivity index (χ2v) is 7.91. The Kier molecular flexibility index (Phi) is 5.22. The molecule has 1 aliphatic heterocycles. The number of thiophene rings is 1. The van der Waals surface area contributed by atoms with Gasteiger partial charge in [-0.25, -0.2) is 0 Å². The van der Waals surface area contributed by atoms with Gasteiger partial charge in [0, 0.05) is 38.2 Å². The van der Waals surface area contributed by atoms with E-state index in [-0.39, 0.29) is 11.8 Å². The van der Waals surface area contributed by atoms with Crippen molar-refractivity contribution in [1.82, 2.24) is 15.1 Å². The highest BCUT2D eigenvalue weighted by Crippen LogP contribution is 2.33. The quantitative estimate of drug-likeness (QED) is 0.787. The normalized spacial score (nSPS) is 19.0. The molecular formula is C12H15Br2N3O2S. The van der Waals surface area contributed by atoms with Crippen LogP contribution in [0.25, 0.3) is 0 Å². The molecule has 0 radical (unpaired) electrons. The van der Waals surface area contributed by atoms with E-state index in [0.717, 1.165) is 8.26 Å². The summed E-state index contributed by atoms with van der Waals surface area (Å²) in [5.41, 5.74) is 0. The van der Waals surface area contributed by atoms with Crippen molar-refractivity contribution in [2.45, 2.75) is 6.04 Å². The lowest BCUT2D eigenvalue weighted by Gasteiger charge is -2.36. The molecule has 5 nitrogen and oxygen atoms in total. The number of carbonyl (C=O) groups is 2. The van der Waals surface area contributed by atoms with Gasteiger partial charge in [-0.3, -0.25) is 9.59 Å². The minimum atomic E-state index is -0.439. The Labute approximate surface area is 138 Å². The fourth-order valence-corrected chi connectivity index (χ4v) is 4.05. The smallest absolute Gasteiger partial charge is 0.264 e. The van der Waals surface area contributed by atoms with Crippen LogP contribution in [0.1, 0.15) is 9.67 Å². The van der Waals surface area contributed by atoms with E-state index in [9.17, 15) is 9.59 Å². The van der Waals surface area contributed by atoms with Crippen molar-refractivity contribution in [3.05, 3.63) is 19.2 Å². The number of piperazine rings is 1. The van der Waals surface area contributed by atoms with Gasteiger partial charge in [-0.1, -0.05) is 0 Å². The lowest BCUT2D eigenvalue weighted by Crippen LogP contribution is -2.59. The molecule has 1 atom stereocenters. The van der Waals surface area contributed by atoms with E-state index in [1.807, 2.05) is 0 Å². The Balaban J connectivity index is 2.23. The number of hydrogen-bond donors (Lipinski definition) is 1. The third-order valence-electron chi connectivity index (χ3n) is 3.09. The Morgan fingerprint density at radius 3 is 2.70 bits per heavy atom. The molecule has 2 heterocycles. The van der Waals surface area contributed by atoms with Gasteiger partial charge in [0.25, 0.3) is 5.91 Å². The number of likely N-dealkylation sites (N-methyl/N-ethyl adjacent to an activating group) is 1. The number of nitrogens with one attached hydrogen (secondary N) is 1. The van der Waals surface area contributed by atoms with E-state index < -0.39 is 6.04 Å². The van der Waals surface area contributed by atoms with Crippen LogP contribution in [0.4, 0.5) is 0 Å². The molecule has 1 aromatic heterocycles. The van der Waals surface area contributed by atoms with Crippen LogP contribution in [0.2, 0.25) is 0 Å². The maximum absolute atomic E-state index is 12.6. The van der Waals surface area contributed by atoms with E-state index in [1.165, 1.54) is 16.2 Å². The van der Waals surface area contributed by atoms with Crippen LogP contribution in [0.15, 0.2) is 14.3 Å². The number of halogens is 2. The first-order valence-corrected chi connectivity index (χ1v) is 8.49. The van der Waals surface area contributed by atoms with E-state index in [2.05, 4.69) is 37.2 Å². The van der Waals surface area contributed by atoms with Crippen molar-refractivity contribution >= 4 is 55.0 Å². The van der Waals surface area contributed by atoms with Gasteiger partial charge >= 0.3 is 0 Å². The third kappa shape index (κ3) is 3.24. The lowest BCUT2D eigenvalue weighted by atomic mass is 10.1. The second kappa shape index (κ2) is 6.55. The van der Waals surface area contributed by atoms with Gasteiger partial charge in [-0.15, -0.1) is 11.3 Å². The third-order valence-corrected chi connectivity index (χ3v) is 6.33. The number of amides is 2. The van der Waals surface area contributed by atoms with Crippen LogP contribution in [0.5, 0.6) is 0 Å². The molecule has 2 amide bonds. The molecular weight excluding hydrogens is 410 g/mol. The van der Waals surface area contributed by atoms with Gasteiger partial charge in [0.15, 0.2) is 0 Å². The van der Waals surface area contributed by atoms with Crippen molar-refractivity contribution in [3.63, 3.8) is 0 Å². The fraction of sp³-hybridized carbons (Fsp3) is 0.500. The maximum atomic E-state index is 12.6. The van der Waals surface area contributed by atoms with Crippen molar-refractivity contribution in [2.24, 2.45) is 0 Å².